The third-order valence-electron chi connectivity index (χ3n) is 3.23. The fourth-order valence-electron chi connectivity index (χ4n) is 2.62. The topological polar surface area (TPSA) is 26.0 Å². The van der Waals surface area contributed by atoms with Gasteiger partial charge in [-0.05, 0) is 36.6 Å². The Balaban J connectivity index is 2.01. The summed E-state index contributed by atoms with van der Waals surface area (Å²) in [6.07, 6.45) is 6.15. The van der Waals surface area contributed by atoms with E-state index in [9.17, 15) is 0 Å². The molecule has 0 amide bonds. The van der Waals surface area contributed by atoms with Gasteiger partial charge in [-0.3, -0.25) is 0 Å². The summed E-state index contributed by atoms with van der Waals surface area (Å²) in [4.78, 5) is 1.45. The summed E-state index contributed by atoms with van der Waals surface area (Å²) < 4.78 is 0. The summed E-state index contributed by atoms with van der Waals surface area (Å²) in [5.74, 6) is 0.814. The number of hydrogen-bond donors (Lipinski definition) is 1. The molecule has 1 aliphatic rings. The highest BCUT2D eigenvalue weighted by Gasteiger charge is 2.31. The molecule has 1 nitrogen and oxygen atoms in total. The Labute approximate surface area is 90.3 Å². The quantitative estimate of drug-likeness (QED) is 0.795. The second-order valence-corrected chi connectivity index (χ2v) is 5.85. The first-order chi connectivity index (χ1) is 6.68. The van der Waals surface area contributed by atoms with Gasteiger partial charge in [0.1, 0.15) is 0 Å². The van der Waals surface area contributed by atoms with Crippen LogP contribution < -0.4 is 5.73 Å². The molecule has 1 saturated carbocycles. The average Bonchev–Trinajstić information content (AvgIpc) is 2.55. The molecule has 1 heterocycles. The van der Waals surface area contributed by atoms with Gasteiger partial charge in [0, 0.05) is 10.4 Å². The maximum Gasteiger partial charge on any atom is 0.0205 e. The van der Waals surface area contributed by atoms with Crippen LogP contribution in [0.3, 0.4) is 0 Å². The molecule has 2 unspecified atom stereocenters. The monoisotopic (exact) mass is 209 g/mol. The van der Waals surface area contributed by atoms with E-state index in [2.05, 4.69) is 24.4 Å². The minimum atomic E-state index is 0.0858. The first-order valence-electron chi connectivity index (χ1n) is 5.49. The van der Waals surface area contributed by atoms with Crippen molar-refractivity contribution in [3.8, 4) is 0 Å². The summed E-state index contributed by atoms with van der Waals surface area (Å²) in [6.45, 7) is 2.33. The van der Waals surface area contributed by atoms with Crippen molar-refractivity contribution < 1.29 is 0 Å². The maximum atomic E-state index is 6.45. The zero-order chi connectivity index (χ0) is 10.0. The lowest BCUT2D eigenvalue weighted by Crippen LogP contribution is -2.45. The second-order valence-electron chi connectivity index (χ2n) is 4.82. The van der Waals surface area contributed by atoms with Gasteiger partial charge in [0.05, 0.1) is 0 Å². The Morgan fingerprint density at radius 3 is 3.14 bits per heavy atom. The van der Waals surface area contributed by atoms with Crippen LogP contribution in [0.4, 0.5) is 0 Å². The summed E-state index contributed by atoms with van der Waals surface area (Å²) in [6, 6.07) is 4.33. The van der Waals surface area contributed by atoms with Gasteiger partial charge < -0.3 is 5.73 Å². The molecule has 2 heteroatoms. The number of rotatable bonds is 2. The van der Waals surface area contributed by atoms with Crippen molar-refractivity contribution in [1.82, 2.24) is 0 Å². The summed E-state index contributed by atoms with van der Waals surface area (Å²) >= 11 is 1.84. The van der Waals surface area contributed by atoms with Crippen LogP contribution in [-0.4, -0.2) is 5.54 Å². The van der Waals surface area contributed by atoms with E-state index in [0.29, 0.717) is 0 Å². The molecule has 0 spiro atoms. The average molecular weight is 209 g/mol. The van der Waals surface area contributed by atoms with Crippen molar-refractivity contribution in [3.05, 3.63) is 22.4 Å². The molecule has 1 aliphatic carbocycles. The predicted molar refractivity (Wildman–Crippen MR) is 62.6 cm³/mol. The van der Waals surface area contributed by atoms with Crippen LogP contribution in [0.5, 0.6) is 0 Å². The third kappa shape index (κ3) is 2.37. The van der Waals surface area contributed by atoms with Gasteiger partial charge in [-0.1, -0.05) is 25.8 Å². The van der Waals surface area contributed by atoms with Gasteiger partial charge in [0.2, 0.25) is 0 Å². The molecule has 0 aliphatic heterocycles. The van der Waals surface area contributed by atoms with E-state index < -0.39 is 0 Å². The molecule has 1 aromatic heterocycles. The molecular weight excluding hydrogens is 190 g/mol. The molecule has 0 bridgehead atoms. The molecule has 2 atom stereocenters. The normalized spacial score (nSPS) is 33.1. The predicted octanol–water partition coefficient (Wildman–Crippen LogP) is 3.20. The zero-order valence-corrected chi connectivity index (χ0v) is 9.65. The molecule has 2 rings (SSSR count). The molecule has 0 saturated heterocycles. The first-order valence-corrected chi connectivity index (χ1v) is 6.37. The van der Waals surface area contributed by atoms with E-state index >= 15 is 0 Å². The van der Waals surface area contributed by atoms with E-state index in [1.54, 1.807) is 0 Å². The highest BCUT2D eigenvalue weighted by molar-refractivity contribution is 7.09. The van der Waals surface area contributed by atoms with Crippen LogP contribution in [0.15, 0.2) is 17.5 Å². The Bertz CT molecular complexity index is 281. The molecule has 14 heavy (non-hydrogen) atoms. The van der Waals surface area contributed by atoms with Crippen molar-refractivity contribution in [2.75, 3.05) is 0 Å². The first kappa shape index (κ1) is 10.2. The summed E-state index contributed by atoms with van der Waals surface area (Å²) in [5.41, 5.74) is 6.53. The van der Waals surface area contributed by atoms with Crippen LogP contribution in [0.2, 0.25) is 0 Å². The molecule has 0 aromatic carbocycles. The van der Waals surface area contributed by atoms with Gasteiger partial charge in [0.15, 0.2) is 0 Å². The van der Waals surface area contributed by atoms with E-state index in [0.717, 1.165) is 12.3 Å². The van der Waals surface area contributed by atoms with Crippen molar-refractivity contribution >= 4 is 11.3 Å². The lowest BCUT2D eigenvalue weighted by atomic mass is 9.75. The maximum absolute atomic E-state index is 6.45. The van der Waals surface area contributed by atoms with Crippen molar-refractivity contribution in [1.29, 1.82) is 0 Å². The van der Waals surface area contributed by atoms with Gasteiger partial charge in [-0.2, -0.15) is 0 Å². The Morgan fingerprint density at radius 1 is 1.64 bits per heavy atom. The van der Waals surface area contributed by atoms with E-state index in [1.165, 1.54) is 30.6 Å². The Morgan fingerprint density at radius 2 is 2.50 bits per heavy atom. The summed E-state index contributed by atoms with van der Waals surface area (Å²) in [7, 11) is 0. The SMILES string of the molecule is CC1CCCC(N)(Cc2cccs2)C1. The zero-order valence-electron chi connectivity index (χ0n) is 8.83. The second kappa shape index (κ2) is 4.03. The van der Waals surface area contributed by atoms with E-state index in [4.69, 9.17) is 5.73 Å². The number of hydrogen-bond acceptors (Lipinski definition) is 2. The lowest BCUT2D eigenvalue weighted by molar-refractivity contribution is 0.236. The van der Waals surface area contributed by atoms with Gasteiger partial charge in [-0.25, -0.2) is 0 Å². The highest BCUT2D eigenvalue weighted by atomic mass is 32.1. The third-order valence-corrected chi connectivity index (χ3v) is 4.11. The number of thiophene rings is 1. The van der Waals surface area contributed by atoms with Crippen LogP contribution in [-0.2, 0) is 6.42 Å². The van der Waals surface area contributed by atoms with Crippen molar-refractivity contribution in [2.24, 2.45) is 11.7 Å². The van der Waals surface area contributed by atoms with Gasteiger partial charge >= 0.3 is 0 Å². The fraction of sp³-hybridized carbons (Fsp3) is 0.667. The smallest absolute Gasteiger partial charge is 0.0205 e. The molecule has 1 fully saturated rings. The largest absolute Gasteiger partial charge is 0.325 e. The van der Waals surface area contributed by atoms with Crippen LogP contribution in [0.1, 0.15) is 37.5 Å². The highest BCUT2D eigenvalue weighted by Crippen LogP contribution is 2.33. The van der Waals surface area contributed by atoms with Gasteiger partial charge in [0.25, 0.3) is 0 Å². The summed E-state index contributed by atoms with van der Waals surface area (Å²) in [5, 5.41) is 2.14. The molecule has 0 radical (unpaired) electrons. The van der Waals surface area contributed by atoms with Crippen LogP contribution in [0.25, 0.3) is 0 Å². The number of nitrogens with two attached hydrogens (primary N) is 1. The minimum Gasteiger partial charge on any atom is -0.325 e. The molecule has 2 N–H and O–H groups in total. The molecule has 78 valence electrons. The lowest BCUT2D eigenvalue weighted by Gasteiger charge is -2.36. The minimum absolute atomic E-state index is 0.0858. The Kier molecular flexibility index (Phi) is 2.93. The van der Waals surface area contributed by atoms with E-state index in [1.807, 2.05) is 11.3 Å². The fourth-order valence-corrected chi connectivity index (χ4v) is 3.48. The Hall–Kier alpha value is -0.340. The molecule has 1 aromatic rings. The van der Waals surface area contributed by atoms with Crippen LogP contribution in [0, 0.1) is 5.92 Å². The van der Waals surface area contributed by atoms with E-state index in [-0.39, 0.29) is 5.54 Å². The van der Waals surface area contributed by atoms with Gasteiger partial charge in [-0.15, -0.1) is 11.3 Å². The standard InChI is InChI=1S/C12H19NS/c1-10-4-2-6-12(13,8-10)9-11-5-3-7-14-11/h3,5,7,10H,2,4,6,8-9,13H2,1H3. The van der Waals surface area contributed by atoms with Crippen molar-refractivity contribution in [2.45, 2.75) is 44.6 Å². The molecular formula is C12H19NS. The van der Waals surface area contributed by atoms with Crippen molar-refractivity contribution in [3.63, 3.8) is 0 Å². The van der Waals surface area contributed by atoms with Crippen LogP contribution >= 0.6 is 11.3 Å².